The first-order chi connectivity index (χ1) is 14.9. The van der Waals surface area contributed by atoms with Crippen molar-refractivity contribution >= 4 is 17.6 Å². The number of hydrogen-bond donors (Lipinski definition) is 1. The van der Waals surface area contributed by atoms with Crippen LogP contribution < -0.4 is 9.80 Å². The molecule has 3 aromatic heterocycles. The fourth-order valence-corrected chi connectivity index (χ4v) is 3.88. The van der Waals surface area contributed by atoms with Gasteiger partial charge in [-0.25, -0.2) is 14.8 Å². The van der Waals surface area contributed by atoms with Crippen LogP contribution in [-0.4, -0.2) is 61.9 Å². The van der Waals surface area contributed by atoms with Crippen molar-refractivity contribution in [1.82, 2.24) is 25.1 Å². The van der Waals surface area contributed by atoms with E-state index in [1.165, 1.54) is 12.4 Å². The van der Waals surface area contributed by atoms with Gasteiger partial charge < -0.3 is 14.9 Å². The van der Waals surface area contributed by atoms with Gasteiger partial charge in [0, 0.05) is 44.5 Å². The first kappa shape index (κ1) is 20.6. The Kier molecular flexibility index (Phi) is 5.75. The molecule has 1 saturated heterocycles. The van der Waals surface area contributed by atoms with Gasteiger partial charge in [-0.2, -0.15) is 5.10 Å². The first-order valence-corrected chi connectivity index (χ1v) is 10.2. The number of nitrogens with zero attached hydrogens (tertiary/aromatic N) is 7. The van der Waals surface area contributed by atoms with Gasteiger partial charge in [0.25, 0.3) is 0 Å². The van der Waals surface area contributed by atoms with Crippen molar-refractivity contribution in [3.05, 3.63) is 65.0 Å². The highest BCUT2D eigenvalue weighted by Gasteiger charge is 2.27. The number of carboxylic acids is 1. The molecule has 1 fully saturated rings. The molecule has 0 aliphatic carbocycles. The number of carbonyl (C=O) groups is 1. The van der Waals surface area contributed by atoms with Crippen molar-refractivity contribution < 1.29 is 9.90 Å². The fraction of sp³-hybridized carbons (Fsp3) is 0.364. The minimum atomic E-state index is -1.08. The fourth-order valence-electron chi connectivity index (χ4n) is 3.88. The van der Waals surface area contributed by atoms with E-state index >= 15 is 0 Å². The van der Waals surface area contributed by atoms with Gasteiger partial charge in [-0.3, -0.25) is 4.98 Å². The van der Waals surface area contributed by atoms with Crippen LogP contribution in [0.1, 0.15) is 39.8 Å². The predicted octanol–water partition coefficient (Wildman–Crippen LogP) is 2.28. The normalized spacial score (nSPS) is 16.4. The number of aromatic carboxylic acids is 1. The summed E-state index contributed by atoms with van der Waals surface area (Å²) in [5.41, 5.74) is 4.32. The largest absolute Gasteiger partial charge is 0.476 e. The zero-order chi connectivity index (χ0) is 22.0. The summed E-state index contributed by atoms with van der Waals surface area (Å²) >= 11 is 0. The Morgan fingerprint density at radius 2 is 1.97 bits per heavy atom. The Labute approximate surface area is 180 Å². The molecular formula is C22H25N7O2. The van der Waals surface area contributed by atoms with Crippen LogP contribution in [0.5, 0.6) is 0 Å². The second-order valence-corrected chi connectivity index (χ2v) is 7.81. The van der Waals surface area contributed by atoms with Crippen LogP contribution >= 0.6 is 0 Å². The number of aromatic nitrogens is 5. The molecule has 1 aliphatic rings. The molecule has 160 valence electrons. The maximum Gasteiger partial charge on any atom is 0.356 e. The van der Waals surface area contributed by atoms with Crippen molar-refractivity contribution in [2.45, 2.75) is 33.2 Å². The Morgan fingerprint density at radius 3 is 2.61 bits per heavy atom. The molecule has 9 nitrogen and oxygen atoms in total. The van der Waals surface area contributed by atoms with Gasteiger partial charge in [-0.1, -0.05) is 6.07 Å². The lowest BCUT2D eigenvalue weighted by atomic mass is 10.0. The second-order valence-electron chi connectivity index (χ2n) is 7.81. The standard InChI is InChI=1S/C22H25N7O2/c1-14-13-28(7-8-29(14)20-12-24-19(11-25-20)22(30)31)21-16(3)15(2)18(26-27-21)9-17-5-4-6-23-10-17/h4-6,10-12,14H,7-9,13H2,1-3H3,(H,30,31). The third kappa shape index (κ3) is 4.30. The Morgan fingerprint density at radius 1 is 1.13 bits per heavy atom. The van der Waals surface area contributed by atoms with E-state index in [9.17, 15) is 4.79 Å². The summed E-state index contributed by atoms with van der Waals surface area (Å²) in [6.45, 7) is 8.58. The molecule has 0 bridgehead atoms. The van der Waals surface area contributed by atoms with Crippen LogP contribution in [0.15, 0.2) is 36.9 Å². The van der Waals surface area contributed by atoms with Crippen LogP contribution in [-0.2, 0) is 6.42 Å². The van der Waals surface area contributed by atoms with Gasteiger partial charge in [0.05, 0.1) is 18.1 Å². The summed E-state index contributed by atoms with van der Waals surface area (Å²) in [6, 6.07) is 4.14. The van der Waals surface area contributed by atoms with E-state index in [2.05, 4.69) is 55.7 Å². The van der Waals surface area contributed by atoms with E-state index in [0.717, 1.165) is 47.8 Å². The third-order valence-electron chi connectivity index (χ3n) is 5.77. The molecule has 31 heavy (non-hydrogen) atoms. The van der Waals surface area contributed by atoms with Gasteiger partial charge in [0.15, 0.2) is 11.5 Å². The molecule has 0 radical (unpaired) electrons. The molecule has 1 aliphatic heterocycles. The van der Waals surface area contributed by atoms with Crippen LogP contribution in [0.2, 0.25) is 0 Å². The van der Waals surface area contributed by atoms with Crippen LogP contribution in [0.3, 0.4) is 0 Å². The molecule has 9 heteroatoms. The zero-order valence-electron chi connectivity index (χ0n) is 17.9. The van der Waals surface area contributed by atoms with Gasteiger partial charge in [-0.15, -0.1) is 5.10 Å². The monoisotopic (exact) mass is 419 g/mol. The lowest BCUT2D eigenvalue weighted by Crippen LogP contribution is -2.53. The maximum absolute atomic E-state index is 11.0. The SMILES string of the molecule is Cc1c(Cc2cccnc2)nnc(N2CCN(c3cnc(C(=O)O)cn3)C(C)C2)c1C. The van der Waals surface area contributed by atoms with E-state index in [1.807, 2.05) is 18.3 Å². The third-order valence-corrected chi connectivity index (χ3v) is 5.77. The van der Waals surface area contributed by atoms with Crippen molar-refractivity contribution in [3.63, 3.8) is 0 Å². The summed E-state index contributed by atoms with van der Waals surface area (Å²) in [5, 5.41) is 18.1. The molecule has 4 rings (SSSR count). The van der Waals surface area contributed by atoms with Crippen molar-refractivity contribution in [2.75, 3.05) is 29.4 Å². The Bertz CT molecular complexity index is 1070. The van der Waals surface area contributed by atoms with Crippen LogP contribution in [0.25, 0.3) is 0 Å². The summed E-state index contributed by atoms with van der Waals surface area (Å²) in [6.07, 6.45) is 7.16. The van der Waals surface area contributed by atoms with E-state index in [4.69, 9.17) is 5.11 Å². The van der Waals surface area contributed by atoms with E-state index in [-0.39, 0.29) is 11.7 Å². The first-order valence-electron chi connectivity index (χ1n) is 10.2. The lowest BCUT2D eigenvalue weighted by molar-refractivity contribution is 0.0690. The smallest absolute Gasteiger partial charge is 0.356 e. The number of carboxylic acid groups (broad SMARTS) is 1. The molecule has 0 aromatic carbocycles. The highest BCUT2D eigenvalue weighted by atomic mass is 16.4. The summed E-state index contributed by atoms with van der Waals surface area (Å²) < 4.78 is 0. The molecule has 0 spiro atoms. The molecule has 1 atom stereocenters. The van der Waals surface area contributed by atoms with Gasteiger partial charge >= 0.3 is 5.97 Å². The van der Waals surface area contributed by atoms with Crippen molar-refractivity contribution in [1.29, 1.82) is 0 Å². The highest BCUT2D eigenvalue weighted by Crippen LogP contribution is 2.26. The van der Waals surface area contributed by atoms with Crippen LogP contribution in [0, 0.1) is 13.8 Å². The Balaban J connectivity index is 1.48. The molecule has 1 unspecified atom stereocenters. The van der Waals surface area contributed by atoms with E-state index in [1.54, 1.807) is 6.20 Å². The number of pyridine rings is 1. The molecule has 4 heterocycles. The highest BCUT2D eigenvalue weighted by molar-refractivity contribution is 5.84. The molecule has 0 saturated carbocycles. The predicted molar refractivity (Wildman–Crippen MR) is 117 cm³/mol. The molecule has 0 amide bonds. The minimum absolute atomic E-state index is 0.0530. The number of hydrogen-bond acceptors (Lipinski definition) is 8. The summed E-state index contributed by atoms with van der Waals surface area (Å²) in [5.74, 6) is 0.516. The lowest BCUT2D eigenvalue weighted by Gasteiger charge is -2.41. The quantitative estimate of drug-likeness (QED) is 0.666. The maximum atomic E-state index is 11.0. The Hall–Kier alpha value is -3.62. The molecular weight excluding hydrogens is 394 g/mol. The van der Waals surface area contributed by atoms with Crippen molar-refractivity contribution in [2.24, 2.45) is 0 Å². The zero-order valence-corrected chi connectivity index (χ0v) is 17.9. The number of piperazine rings is 1. The number of anilines is 2. The van der Waals surface area contributed by atoms with E-state index in [0.29, 0.717) is 12.2 Å². The van der Waals surface area contributed by atoms with Crippen molar-refractivity contribution in [3.8, 4) is 0 Å². The molecule has 1 N–H and O–H groups in total. The van der Waals surface area contributed by atoms with Gasteiger partial charge in [-0.05, 0) is 43.5 Å². The average molecular weight is 419 g/mol. The summed E-state index contributed by atoms with van der Waals surface area (Å²) in [4.78, 5) is 27.8. The topological polar surface area (TPSA) is 108 Å². The van der Waals surface area contributed by atoms with Gasteiger partial charge in [0.1, 0.15) is 5.82 Å². The second kappa shape index (κ2) is 8.63. The van der Waals surface area contributed by atoms with Crippen LogP contribution in [0.4, 0.5) is 11.6 Å². The molecule has 3 aromatic rings. The average Bonchev–Trinajstić information content (AvgIpc) is 2.78. The van der Waals surface area contributed by atoms with E-state index < -0.39 is 5.97 Å². The summed E-state index contributed by atoms with van der Waals surface area (Å²) in [7, 11) is 0. The van der Waals surface area contributed by atoms with Gasteiger partial charge in [0.2, 0.25) is 0 Å². The minimum Gasteiger partial charge on any atom is -0.476 e. The number of rotatable bonds is 5.